The lowest BCUT2D eigenvalue weighted by Crippen LogP contribution is -2.47. The summed E-state index contributed by atoms with van der Waals surface area (Å²) >= 11 is 1.91. The van der Waals surface area contributed by atoms with Crippen molar-refractivity contribution in [3.05, 3.63) is 15.6 Å². The van der Waals surface area contributed by atoms with Gasteiger partial charge in [0, 0.05) is 10.9 Å². The Morgan fingerprint density at radius 2 is 2.11 bits per heavy atom. The van der Waals surface area contributed by atoms with Crippen molar-refractivity contribution in [2.75, 3.05) is 0 Å². The molecule has 1 heterocycles. The molecule has 1 aromatic rings. The highest BCUT2D eigenvalue weighted by molar-refractivity contribution is 7.11. The van der Waals surface area contributed by atoms with Gasteiger partial charge in [0.1, 0.15) is 5.01 Å². The molecule has 2 fully saturated rings. The van der Waals surface area contributed by atoms with E-state index in [9.17, 15) is 0 Å². The molecule has 0 spiro atoms. The van der Waals surface area contributed by atoms with E-state index < -0.39 is 0 Å². The lowest BCUT2D eigenvalue weighted by atomic mass is 9.84. The van der Waals surface area contributed by atoms with Gasteiger partial charge in [-0.05, 0) is 51.4 Å². The van der Waals surface area contributed by atoms with Crippen LogP contribution in [0.5, 0.6) is 0 Å². The molecule has 2 aliphatic carbocycles. The number of hydrogen-bond acceptors (Lipinski definition) is 3. The van der Waals surface area contributed by atoms with Crippen molar-refractivity contribution in [2.45, 2.75) is 71.4 Å². The first-order chi connectivity index (χ1) is 8.48. The molecule has 0 saturated heterocycles. The maximum absolute atomic E-state index is 4.94. The number of aryl methyl sites for hydroxylation is 2. The van der Waals surface area contributed by atoms with Crippen molar-refractivity contribution >= 4 is 11.3 Å². The Balaban J connectivity index is 1.96. The summed E-state index contributed by atoms with van der Waals surface area (Å²) in [6.45, 7) is 9.23. The first-order valence-electron chi connectivity index (χ1n) is 7.23. The quantitative estimate of drug-likeness (QED) is 0.875. The van der Waals surface area contributed by atoms with Gasteiger partial charge in [-0.3, -0.25) is 0 Å². The van der Waals surface area contributed by atoms with Gasteiger partial charge in [0.2, 0.25) is 0 Å². The highest BCUT2D eigenvalue weighted by Gasteiger charge is 2.56. The molecule has 0 radical (unpaired) electrons. The van der Waals surface area contributed by atoms with Gasteiger partial charge in [-0.2, -0.15) is 0 Å². The van der Waals surface area contributed by atoms with Gasteiger partial charge in [-0.1, -0.05) is 13.8 Å². The van der Waals surface area contributed by atoms with Crippen molar-refractivity contribution in [1.29, 1.82) is 0 Å². The SMILES string of the molecule is CCc1nc(C(C)(NC2CC2)C2(C)CC2)sc1C. The molecule has 0 aromatic carbocycles. The van der Waals surface area contributed by atoms with Crippen LogP contribution in [0.15, 0.2) is 0 Å². The predicted octanol–water partition coefficient (Wildman–Crippen LogP) is 3.78. The van der Waals surface area contributed by atoms with Gasteiger partial charge >= 0.3 is 0 Å². The van der Waals surface area contributed by atoms with Crippen molar-refractivity contribution in [1.82, 2.24) is 10.3 Å². The number of aromatic nitrogens is 1. The van der Waals surface area contributed by atoms with Gasteiger partial charge in [-0.25, -0.2) is 4.98 Å². The molecule has 3 rings (SSSR count). The molecule has 0 bridgehead atoms. The zero-order valence-corrected chi connectivity index (χ0v) is 12.8. The molecular weight excluding hydrogens is 240 g/mol. The van der Waals surface area contributed by atoms with Crippen LogP contribution in [0.4, 0.5) is 0 Å². The molecule has 18 heavy (non-hydrogen) atoms. The second-order valence-electron chi connectivity index (χ2n) is 6.48. The van der Waals surface area contributed by atoms with E-state index in [-0.39, 0.29) is 5.54 Å². The second-order valence-corrected chi connectivity index (χ2v) is 7.68. The molecule has 0 aliphatic heterocycles. The van der Waals surface area contributed by atoms with Crippen LogP contribution in [-0.2, 0) is 12.0 Å². The summed E-state index contributed by atoms with van der Waals surface area (Å²) < 4.78 is 0. The van der Waals surface area contributed by atoms with E-state index in [0.717, 1.165) is 12.5 Å². The van der Waals surface area contributed by atoms with Crippen LogP contribution in [0.3, 0.4) is 0 Å². The third kappa shape index (κ3) is 1.92. The van der Waals surface area contributed by atoms with Gasteiger partial charge in [0.05, 0.1) is 11.2 Å². The lowest BCUT2D eigenvalue weighted by Gasteiger charge is -2.36. The van der Waals surface area contributed by atoms with E-state index >= 15 is 0 Å². The van der Waals surface area contributed by atoms with Crippen LogP contribution >= 0.6 is 11.3 Å². The maximum Gasteiger partial charge on any atom is 0.114 e. The summed E-state index contributed by atoms with van der Waals surface area (Å²) in [6, 6.07) is 0.738. The van der Waals surface area contributed by atoms with Crippen LogP contribution < -0.4 is 5.32 Å². The number of hydrogen-bond donors (Lipinski definition) is 1. The number of rotatable bonds is 5. The van der Waals surface area contributed by atoms with E-state index in [0.29, 0.717) is 5.41 Å². The molecule has 1 atom stereocenters. The third-order valence-corrected chi connectivity index (χ3v) is 6.17. The van der Waals surface area contributed by atoms with Gasteiger partial charge in [-0.15, -0.1) is 11.3 Å². The summed E-state index contributed by atoms with van der Waals surface area (Å²) in [4.78, 5) is 6.35. The Kier molecular flexibility index (Phi) is 2.83. The molecular formula is C15H24N2S. The predicted molar refractivity (Wildman–Crippen MR) is 77.1 cm³/mol. The van der Waals surface area contributed by atoms with Gasteiger partial charge in [0.15, 0.2) is 0 Å². The molecule has 1 unspecified atom stereocenters. The van der Waals surface area contributed by atoms with Crippen LogP contribution in [0.1, 0.15) is 62.0 Å². The fraction of sp³-hybridized carbons (Fsp3) is 0.800. The topological polar surface area (TPSA) is 24.9 Å². The number of nitrogens with zero attached hydrogens (tertiary/aromatic N) is 1. The zero-order valence-electron chi connectivity index (χ0n) is 12.0. The fourth-order valence-electron chi connectivity index (χ4n) is 2.79. The smallest absolute Gasteiger partial charge is 0.114 e. The monoisotopic (exact) mass is 264 g/mol. The molecule has 2 nitrogen and oxygen atoms in total. The van der Waals surface area contributed by atoms with Crippen LogP contribution in [0, 0.1) is 12.3 Å². The fourth-order valence-corrected chi connectivity index (χ4v) is 4.05. The molecule has 3 heteroatoms. The summed E-state index contributed by atoms with van der Waals surface area (Å²) in [5.41, 5.74) is 1.81. The van der Waals surface area contributed by atoms with Crippen molar-refractivity contribution in [3.63, 3.8) is 0 Å². The molecule has 100 valence electrons. The molecule has 2 aliphatic rings. The highest BCUT2D eigenvalue weighted by atomic mass is 32.1. The average Bonchev–Trinajstić information content (AvgIpc) is 3.23. The van der Waals surface area contributed by atoms with Crippen molar-refractivity contribution in [3.8, 4) is 0 Å². The summed E-state index contributed by atoms with van der Waals surface area (Å²) in [7, 11) is 0. The Morgan fingerprint density at radius 3 is 2.56 bits per heavy atom. The van der Waals surface area contributed by atoms with Crippen LogP contribution in [0.25, 0.3) is 0 Å². The minimum absolute atomic E-state index is 0.0943. The average molecular weight is 264 g/mol. The summed E-state index contributed by atoms with van der Waals surface area (Å²) in [5.74, 6) is 0. The third-order valence-electron chi connectivity index (χ3n) is 4.93. The zero-order chi connectivity index (χ0) is 13.0. The standard InChI is InChI=1S/C15H24N2S/c1-5-12-10(2)18-13(16-12)15(4,14(3)8-9-14)17-11-6-7-11/h11,17H,5-9H2,1-4H3. The summed E-state index contributed by atoms with van der Waals surface area (Å²) in [6.07, 6.45) is 6.42. The molecule has 1 aromatic heterocycles. The molecule has 2 saturated carbocycles. The van der Waals surface area contributed by atoms with E-state index in [1.807, 2.05) is 11.3 Å². The highest BCUT2D eigenvalue weighted by Crippen LogP contribution is 2.59. The normalized spacial score (nSPS) is 24.9. The van der Waals surface area contributed by atoms with E-state index in [1.54, 1.807) is 0 Å². The first-order valence-corrected chi connectivity index (χ1v) is 8.04. The van der Waals surface area contributed by atoms with E-state index in [4.69, 9.17) is 4.98 Å². The van der Waals surface area contributed by atoms with E-state index in [1.165, 1.54) is 41.3 Å². The Bertz CT molecular complexity index is 457. The van der Waals surface area contributed by atoms with E-state index in [2.05, 4.69) is 33.0 Å². The van der Waals surface area contributed by atoms with Crippen LogP contribution in [0.2, 0.25) is 0 Å². The van der Waals surface area contributed by atoms with Gasteiger partial charge < -0.3 is 5.32 Å². The molecule has 0 amide bonds. The number of nitrogens with one attached hydrogen (secondary N) is 1. The minimum atomic E-state index is 0.0943. The Labute approximate surface area is 114 Å². The Morgan fingerprint density at radius 1 is 1.44 bits per heavy atom. The van der Waals surface area contributed by atoms with Crippen LogP contribution in [-0.4, -0.2) is 11.0 Å². The lowest BCUT2D eigenvalue weighted by molar-refractivity contribution is 0.222. The van der Waals surface area contributed by atoms with Crippen molar-refractivity contribution < 1.29 is 0 Å². The Hall–Kier alpha value is -0.410. The summed E-state index contributed by atoms with van der Waals surface area (Å²) in [5, 5.41) is 5.22. The first kappa shape index (κ1) is 12.6. The minimum Gasteiger partial charge on any atom is -0.302 e. The van der Waals surface area contributed by atoms with Crippen molar-refractivity contribution in [2.24, 2.45) is 5.41 Å². The maximum atomic E-state index is 4.94. The largest absolute Gasteiger partial charge is 0.302 e. The number of thiazole rings is 1. The van der Waals surface area contributed by atoms with Gasteiger partial charge in [0.25, 0.3) is 0 Å². The molecule has 1 N–H and O–H groups in total. The second kappa shape index (κ2) is 4.04.